The molecular weight excluding hydrogens is 497 g/mol. The zero-order valence-electron chi connectivity index (χ0n) is 20.3. The number of carbonyl (C=O) groups is 2. The molecule has 0 aliphatic heterocycles. The normalized spacial score (nSPS) is 11.7. The van der Waals surface area contributed by atoms with Crippen molar-refractivity contribution in [3.8, 4) is 23.0 Å². The van der Waals surface area contributed by atoms with E-state index in [2.05, 4.69) is 15.5 Å². The standard InChI is InChI=1S/C24H29Cl2N3O6/c1-6-32-17-10-11-18(33-7-2)23(21(17)26)29-28-22(14(5)30)24(31)27-16-13-20(35-9-4)19(34-8-3)12-15(16)25/h10-13,22H,6-9H2,1-5H3,(H,27,31). The zero-order valence-corrected chi connectivity index (χ0v) is 21.8. The number of anilines is 1. The smallest absolute Gasteiger partial charge is 0.258 e. The van der Waals surface area contributed by atoms with Crippen molar-refractivity contribution in [3.05, 3.63) is 34.3 Å². The summed E-state index contributed by atoms with van der Waals surface area (Å²) < 4.78 is 22.2. The first-order valence-electron chi connectivity index (χ1n) is 11.2. The molecule has 1 atom stereocenters. The fourth-order valence-electron chi connectivity index (χ4n) is 2.96. The molecule has 0 radical (unpaired) electrons. The van der Waals surface area contributed by atoms with Crippen LogP contribution < -0.4 is 24.3 Å². The fourth-order valence-corrected chi connectivity index (χ4v) is 3.41. The van der Waals surface area contributed by atoms with Gasteiger partial charge < -0.3 is 24.3 Å². The summed E-state index contributed by atoms with van der Waals surface area (Å²) in [6.07, 6.45) is 0. The predicted molar refractivity (Wildman–Crippen MR) is 135 cm³/mol. The lowest BCUT2D eigenvalue weighted by Crippen LogP contribution is -2.32. The number of nitrogens with zero attached hydrogens (tertiary/aromatic N) is 2. The number of ether oxygens (including phenoxy) is 4. The first-order chi connectivity index (χ1) is 16.8. The molecule has 0 bridgehead atoms. The Hall–Kier alpha value is -3.04. The molecule has 1 N–H and O–H groups in total. The number of benzene rings is 2. The van der Waals surface area contributed by atoms with E-state index in [0.717, 1.165) is 0 Å². The second kappa shape index (κ2) is 13.7. The van der Waals surface area contributed by atoms with Crippen LogP contribution in [0.25, 0.3) is 0 Å². The van der Waals surface area contributed by atoms with Gasteiger partial charge in [-0.25, -0.2) is 0 Å². The van der Waals surface area contributed by atoms with Crippen LogP contribution in [-0.4, -0.2) is 44.2 Å². The van der Waals surface area contributed by atoms with Gasteiger partial charge in [0.25, 0.3) is 5.91 Å². The average Bonchev–Trinajstić information content (AvgIpc) is 2.80. The van der Waals surface area contributed by atoms with Crippen molar-refractivity contribution >= 4 is 46.3 Å². The van der Waals surface area contributed by atoms with Crippen LogP contribution >= 0.6 is 23.2 Å². The SMILES string of the molecule is CCOc1cc(Cl)c(NC(=O)C(N=Nc2c(OCC)ccc(OCC)c2Cl)C(C)=O)cc1OCC. The number of amides is 1. The maximum absolute atomic E-state index is 13.0. The molecule has 2 aromatic carbocycles. The molecule has 11 heteroatoms. The lowest BCUT2D eigenvalue weighted by atomic mass is 10.2. The van der Waals surface area contributed by atoms with Crippen LogP contribution in [0.2, 0.25) is 10.0 Å². The van der Waals surface area contributed by atoms with Crippen LogP contribution in [0.5, 0.6) is 23.0 Å². The van der Waals surface area contributed by atoms with Gasteiger partial charge in [-0.05, 0) is 46.8 Å². The highest BCUT2D eigenvalue weighted by Gasteiger charge is 2.25. The number of hydrogen-bond acceptors (Lipinski definition) is 8. The van der Waals surface area contributed by atoms with Gasteiger partial charge in [-0.1, -0.05) is 23.2 Å². The summed E-state index contributed by atoms with van der Waals surface area (Å²) in [4.78, 5) is 25.2. The lowest BCUT2D eigenvalue weighted by Gasteiger charge is -2.16. The quantitative estimate of drug-likeness (QED) is 0.244. The fraction of sp³-hybridized carbons (Fsp3) is 0.417. The molecule has 0 saturated carbocycles. The second-order valence-electron chi connectivity index (χ2n) is 6.95. The predicted octanol–water partition coefficient (Wildman–Crippen LogP) is 6.27. The van der Waals surface area contributed by atoms with Gasteiger partial charge in [0.15, 0.2) is 17.3 Å². The molecule has 0 aromatic heterocycles. The van der Waals surface area contributed by atoms with E-state index < -0.39 is 17.7 Å². The van der Waals surface area contributed by atoms with Gasteiger partial charge in [-0.15, -0.1) is 5.11 Å². The molecule has 0 saturated heterocycles. The number of nitrogens with one attached hydrogen (secondary N) is 1. The summed E-state index contributed by atoms with van der Waals surface area (Å²) in [7, 11) is 0. The molecule has 0 spiro atoms. The Morgan fingerprint density at radius 2 is 1.37 bits per heavy atom. The minimum atomic E-state index is -1.46. The van der Waals surface area contributed by atoms with Crippen LogP contribution in [-0.2, 0) is 9.59 Å². The van der Waals surface area contributed by atoms with Gasteiger partial charge in [-0.2, -0.15) is 5.11 Å². The second-order valence-corrected chi connectivity index (χ2v) is 7.74. The summed E-state index contributed by atoms with van der Waals surface area (Å²) in [6, 6.07) is 4.87. The molecular formula is C24H29Cl2N3O6. The Labute approximate surface area is 214 Å². The van der Waals surface area contributed by atoms with Crippen molar-refractivity contribution in [3.63, 3.8) is 0 Å². The van der Waals surface area contributed by atoms with Crippen molar-refractivity contribution in [1.82, 2.24) is 0 Å². The third-order valence-corrected chi connectivity index (χ3v) is 5.12. The molecule has 9 nitrogen and oxygen atoms in total. The monoisotopic (exact) mass is 525 g/mol. The summed E-state index contributed by atoms with van der Waals surface area (Å²) >= 11 is 12.7. The van der Waals surface area contributed by atoms with Crippen LogP contribution in [0.3, 0.4) is 0 Å². The average molecular weight is 526 g/mol. The number of Topliss-reactive ketones (excluding diaryl/α,β-unsaturated/α-hetero) is 1. The Morgan fingerprint density at radius 3 is 1.94 bits per heavy atom. The molecule has 1 amide bonds. The molecule has 0 fully saturated rings. The first kappa shape index (κ1) is 28.2. The number of ketones is 1. The zero-order chi connectivity index (χ0) is 26.0. The molecule has 0 aliphatic carbocycles. The first-order valence-corrected chi connectivity index (χ1v) is 11.9. The maximum Gasteiger partial charge on any atom is 0.258 e. The topological polar surface area (TPSA) is 108 Å². The van der Waals surface area contributed by atoms with Crippen LogP contribution in [0.4, 0.5) is 11.4 Å². The Morgan fingerprint density at radius 1 is 0.857 bits per heavy atom. The number of halogens is 2. The number of hydrogen-bond donors (Lipinski definition) is 1. The summed E-state index contributed by atoms with van der Waals surface area (Å²) in [5, 5.41) is 11.0. The molecule has 0 aliphatic rings. The summed E-state index contributed by atoms with van der Waals surface area (Å²) in [6.45, 7) is 10.0. The highest BCUT2D eigenvalue weighted by Crippen LogP contribution is 2.42. The van der Waals surface area contributed by atoms with E-state index >= 15 is 0 Å². The van der Waals surface area contributed by atoms with Gasteiger partial charge in [0.2, 0.25) is 6.04 Å². The largest absolute Gasteiger partial charge is 0.492 e. The van der Waals surface area contributed by atoms with E-state index in [4.69, 9.17) is 42.1 Å². The Bertz CT molecular complexity index is 1080. The summed E-state index contributed by atoms with van der Waals surface area (Å²) in [5.74, 6) is 0.282. The number of rotatable bonds is 13. The molecule has 1 unspecified atom stereocenters. The lowest BCUT2D eigenvalue weighted by molar-refractivity contribution is -0.126. The van der Waals surface area contributed by atoms with Gasteiger partial charge in [-0.3, -0.25) is 9.59 Å². The highest BCUT2D eigenvalue weighted by atomic mass is 35.5. The highest BCUT2D eigenvalue weighted by molar-refractivity contribution is 6.35. The van der Waals surface area contributed by atoms with Crippen LogP contribution in [0.1, 0.15) is 34.6 Å². The minimum absolute atomic E-state index is 0.149. The van der Waals surface area contributed by atoms with Gasteiger partial charge in [0.05, 0.1) is 37.1 Å². The molecule has 190 valence electrons. The third kappa shape index (κ3) is 7.47. The Balaban J connectivity index is 2.38. The molecule has 35 heavy (non-hydrogen) atoms. The van der Waals surface area contributed by atoms with Crippen LogP contribution in [0.15, 0.2) is 34.5 Å². The Kier molecular flexibility index (Phi) is 11.1. The van der Waals surface area contributed by atoms with Crippen molar-refractivity contribution in [2.45, 2.75) is 40.7 Å². The number of azo groups is 1. The maximum atomic E-state index is 13.0. The summed E-state index contributed by atoms with van der Waals surface area (Å²) in [5.41, 5.74) is 0.382. The van der Waals surface area contributed by atoms with E-state index in [1.807, 2.05) is 20.8 Å². The van der Waals surface area contributed by atoms with Crippen molar-refractivity contribution in [2.24, 2.45) is 10.2 Å². The van der Waals surface area contributed by atoms with E-state index in [1.165, 1.54) is 19.1 Å². The third-order valence-electron chi connectivity index (χ3n) is 4.44. The van der Waals surface area contributed by atoms with Gasteiger partial charge >= 0.3 is 0 Å². The van der Waals surface area contributed by atoms with E-state index in [0.29, 0.717) is 49.4 Å². The van der Waals surface area contributed by atoms with Gasteiger partial charge in [0, 0.05) is 12.1 Å². The van der Waals surface area contributed by atoms with Crippen molar-refractivity contribution in [2.75, 3.05) is 31.7 Å². The molecule has 2 rings (SSSR count). The number of carbonyl (C=O) groups excluding carboxylic acids is 2. The van der Waals surface area contributed by atoms with E-state index in [1.54, 1.807) is 19.1 Å². The molecule has 2 aromatic rings. The van der Waals surface area contributed by atoms with Gasteiger partial charge in [0.1, 0.15) is 22.2 Å². The van der Waals surface area contributed by atoms with Crippen molar-refractivity contribution in [1.29, 1.82) is 0 Å². The molecule has 0 heterocycles. The minimum Gasteiger partial charge on any atom is -0.492 e. The van der Waals surface area contributed by atoms with E-state index in [9.17, 15) is 9.59 Å². The van der Waals surface area contributed by atoms with Crippen LogP contribution in [0, 0.1) is 0 Å². The van der Waals surface area contributed by atoms with E-state index in [-0.39, 0.29) is 21.4 Å². The van der Waals surface area contributed by atoms with Crippen molar-refractivity contribution < 1.29 is 28.5 Å².